The van der Waals surface area contributed by atoms with Crippen LogP contribution in [-0.4, -0.2) is 35.4 Å². The van der Waals surface area contributed by atoms with Crippen molar-refractivity contribution in [2.45, 2.75) is 44.7 Å². The summed E-state index contributed by atoms with van der Waals surface area (Å²) in [5.41, 5.74) is 5.09. The average Bonchev–Trinajstić information content (AvgIpc) is 3.35. The zero-order valence-corrected chi connectivity index (χ0v) is 24.2. The van der Waals surface area contributed by atoms with E-state index in [2.05, 4.69) is 56.3 Å². The molecule has 8 nitrogen and oxygen atoms in total. The van der Waals surface area contributed by atoms with E-state index in [1.807, 2.05) is 72.7 Å². The number of hydrogen-bond acceptors (Lipinski definition) is 8. The molecule has 6 rings (SSSR count). The number of anilines is 3. The fourth-order valence-corrected chi connectivity index (χ4v) is 5.46. The lowest BCUT2D eigenvalue weighted by Gasteiger charge is -2.18. The van der Waals surface area contributed by atoms with Crippen molar-refractivity contribution >= 4 is 50.9 Å². The first kappa shape index (κ1) is 26.7. The Kier molecular flexibility index (Phi) is 7.07. The Labute approximate surface area is 243 Å². The Morgan fingerprint density at radius 3 is 2.51 bits per heavy atom. The number of aryl methyl sites for hydroxylation is 2. The molecule has 0 aliphatic heterocycles. The average molecular weight is 562 g/mol. The van der Waals surface area contributed by atoms with Gasteiger partial charge in [-0.15, -0.1) is 0 Å². The molecule has 0 atom stereocenters. The summed E-state index contributed by atoms with van der Waals surface area (Å²) in [4.78, 5) is 15.0. The quantitative estimate of drug-likeness (QED) is 0.167. The molecule has 206 valence electrons. The van der Waals surface area contributed by atoms with Gasteiger partial charge < -0.3 is 15.1 Å². The molecular weight excluding hydrogens is 530 g/mol. The summed E-state index contributed by atoms with van der Waals surface area (Å²) in [6, 6.07) is 22.3. The van der Waals surface area contributed by atoms with Crippen molar-refractivity contribution in [3.63, 3.8) is 0 Å². The Balaban J connectivity index is 1.25. The molecule has 2 aromatic carbocycles. The van der Waals surface area contributed by atoms with Crippen molar-refractivity contribution in [1.29, 1.82) is 0 Å². The molecule has 0 unspecified atom stereocenters. The summed E-state index contributed by atoms with van der Waals surface area (Å²) in [5, 5.41) is 21.4. The highest BCUT2D eigenvalue weighted by molar-refractivity contribution is 8.00. The highest BCUT2D eigenvalue weighted by Crippen LogP contribution is 2.34. The van der Waals surface area contributed by atoms with Crippen molar-refractivity contribution in [2.24, 2.45) is 0 Å². The Bertz CT molecular complexity index is 1860. The van der Waals surface area contributed by atoms with Crippen molar-refractivity contribution < 1.29 is 5.11 Å². The van der Waals surface area contributed by atoms with Crippen molar-refractivity contribution in [3.8, 4) is 11.3 Å². The molecule has 0 fully saturated rings. The number of benzene rings is 2. The molecule has 0 saturated carbocycles. The molecule has 0 aliphatic rings. The topological polar surface area (TPSA) is 101 Å². The minimum absolute atomic E-state index is 0.419. The van der Waals surface area contributed by atoms with Crippen LogP contribution in [0.25, 0.3) is 32.9 Å². The highest BCUT2D eigenvalue weighted by Gasteiger charge is 2.18. The molecule has 0 amide bonds. The molecule has 3 N–H and O–H groups in total. The summed E-state index contributed by atoms with van der Waals surface area (Å²) in [7, 11) is 0. The number of hydrogen-bond donors (Lipinski definition) is 3. The van der Waals surface area contributed by atoms with Gasteiger partial charge in [0.1, 0.15) is 11.6 Å². The second-order valence-electron chi connectivity index (χ2n) is 10.8. The van der Waals surface area contributed by atoms with Gasteiger partial charge in [-0.25, -0.2) is 9.97 Å². The standard InChI is InChI=1S/C32H31N7OS/c1-20-6-5-7-29(36-20)38-41-24-10-8-23(9-11-24)37-30-16-26-22(17-34-30)14-15-33-31(26)25-12-13-28-27(21(25)2)18-35-39(28)19-32(3,4)40/h5-18,40H,19H2,1-4H3,(H,34,37)(H,36,38). The molecule has 6 aromatic rings. The van der Waals surface area contributed by atoms with Gasteiger partial charge in [0.05, 0.1) is 29.6 Å². The fraction of sp³-hybridized carbons (Fsp3) is 0.188. The summed E-state index contributed by atoms with van der Waals surface area (Å²) in [6.07, 6.45) is 5.57. The third kappa shape index (κ3) is 5.86. The third-order valence-corrected chi connectivity index (χ3v) is 7.64. The predicted octanol–water partition coefficient (Wildman–Crippen LogP) is 7.29. The van der Waals surface area contributed by atoms with E-state index in [1.165, 1.54) is 11.9 Å². The number of rotatable bonds is 8. The molecule has 0 radical (unpaired) electrons. The van der Waals surface area contributed by atoms with E-state index in [4.69, 9.17) is 4.98 Å². The Hall–Kier alpha value is -4.47. The van der Waals surface area contributed by atoms with E-state index in [9.17, 15) is 5.11 Å². The minimum Gasteiger partial charge on any atom is -0.389 e. The lowest BCUT2D eigenvalue weighted by atomic mass is 9.98. The van der Waals surface area contributed by atoms with E-state index in [0.717, 1.165) is 66.4 Å². The van der Waals surface area contributed by atoms with Crippen LogP contribution < -0.4 is 10.0 Å². The maximum atomic E-state index is 10.3. The summed E-state index contributed by atoms with van der Waals surface area (Å²) < 4.78 is 5.14. The lowest BCUT2D eigenvalue weighted by molar-refractivity contribution is 0.0591. The van der Waals surface area contributed by atoms with Gasteiger partial charge >= 0.3 is 0 Å². The Morgan fingerprint density at radius 2 is 1.73 bits per heavy atom. The number of nitrogens with zero attached hydrogens (tertiary/aromatic N) is 5. The van der Waals surface area contributed by atoms with E-state index in [1.54, 1.807) is 13.8 Å². The second-order valence-corrected chi connectivity index (χ2v) is 11.6. The van der Waals surface area contributed by atoms with Crippen LogP contribution >= 0.6 is 11.9 Å². The summed E-state index contributed by atoms with van der Waals surface area (Å²) in [6.45, 7) is 8.07. The van der Waals surface area contributed by atoms with E-state index >= 15 is 0 Å². The molecule has 0 spiro atoms. The number of pyridine rings is 3. The SMILES string of the molecule is Cc1cccc(NSc2ccc(Nc3cc4c(-c5ccc6c(cnn6CC(C)(C)O)c5C)nccc4cn3)cc2)n1. The van der Waals surface area contributed by atoms with Gasteiger partial charge in [-0.1, -0.05) is 12.1 Å². The monoisotopic (exact) mass is 561 g/mol. The van der Waals surface area contributed by atoms with E-state index in [0.29, 0.717) is 6.54 Å². The molecule has 9 heteroatoms. The van der Waals surface area contributed by atoms with Gasteiger partial charge in [-0.2, -0.15) is 5.10 Å². The van der Waals surface area contributed by atoms with Gasteiger partial charge in [0, 0.05) is 50.4 Å². The molecule has 0 saturated heterocycles. The number of nitrogens with one attached hydrogen (secondary N) is 2. The molecular formula is C32H31N7OS. The minimum atomic E-state index is -0.853. The highest BCUT2D eigenvalue weighted by atomic mass is 32.2. The van der Waals surface area contributed by atoms with Gasteiger partial charge in [0.2, 0.25) is 0 Å². The Morgan fingerprint density at radius 1 is 0.902 bits per heavy atom. The van der Waals surface area contributed by atoms with E-state index < -0.39 is 5.60 Å². The second kappa shape index (κ2) is 10.8. The lowest BCUT2D eigenvalue weighted by Crippen LogP contribution is -2.26. The van der Waals surface area contributed by atoms with Crippen molar-refractivity contribution in [1.82, 2.24) is 24.7 Å². The molecule has 4 heterocycles. The van der Waals surface area contributed by atoms with Crippen LogP contribution in [0.2, 0.25) is 0 Å². The van der Waals surface area contributed by atoms with Crippen LogP contribution in [0.3, 0.4) is 0 Å². The van der Waals surface area contributed by atoms with Crippen LogP contribution in [0, 0.1) is 13.8 Å². The maximum absolute atomic E-state index is 10.3. The first-order valence-corrected chi connectivity index (χ1v) is 14.2. The largest absolute Gasteiger partial charge is 0.389 e. The summed E-state index contributed by atoms with van der Waals surface area (Å²) in [5.74, 6) is 1.57. The van der Waals surface area contributed by atoms with Gasteiger partial charge in [-0.3, -0.25) is 9.67 Å². The first-order valence-electron chi connectivity index (χ1n) is 13.4. The van der Waals surface area contributed by atoms with Crippen LogP contribution in [0.1, 0.15) is 25.1 Å². The third-order valence-electron chi connectivity index (χ3n) is 6.82. The van der Waals surface area contributed by atoms with Crippen LogP contribution in [0.5, 0.6) is 0 Å². The molecule has 0 bridgehead atoms. The molecule has 0 aliphatic carbocycles. The first-order chi connectivity index (χ1) is 19.7. The zero-order chi connectivity index (χ0) is 28.6. The van der Waals surface area contributed by atoms with Crippen molar-refractivity contribution in [2.75, 3.05) is 10.0 Å². The van der Waals surface area contributed by atoms with E-state index in [-0.39, 0.29) is 0 Å². The fourth-order valence-electron chi connectivity index (χ4n) is 4.85. The van der Waals surface area contributed by atoms with Crippen molar-refractivity contribution in [3.05, 3.63) is 96.6 Å². The van der Waals surface area contributed by atoms with Gasteiger partial charge in [0.15, 0.2) is 0 Å². The summed E-state index contributed by atoms with van der Waals surface area (Å²) >= 11 is 1.52. The van der Waals surface area contributed by atoms with Crippen LogP contribution in [0.4, 0.5) is 17.3 Å². The van der Waals surface area contributed by atoms with Crippen LogP contribution in [0.15, 0.2) is 90.2 Å². The molecule has 41 heavy (non-hydrogen) atoms. The zero-order valence-electron chi connectivity index (χ0n) is 23.4. The number of aliphatic hydroxyl groups is 1. The number of aromatic nitrogens is 5. The van der Waals surface area contributed by atoms with Gasteiger partial charge in [0.25, 0.3) is 0 Å². The maximum Gasteiger partial charge on any atom is 0.136 e. The normalized spacial score (nSPS) is 11.7. The van der Waals surface area contributed by atoms with Crippen LogP contribution in [-0.2, 0) is 6.54 Å². The predicted molar refractivity (Wildman–Crippen MR) is 167 cm³/mol. The molecule has 4 aromatic heterocycles. The number of fused-ring (bicyclic) bond motifs is 2. The smallest absolute Gasteiger partial charge is 0.136 e. The van der Waals surface area contributed by atoms with Gasteiger partial charge in [-0.05, 0) is 99.8 Å².